The maximum absolute atomic E-state index is 12.0. The predicted octanol–water partition coefficient (Wildman–Crippen LogP) is 1.50. The molecule has 2 aromatic rings. The number of piperidine rings is 1. The minimum absolute atomic E-state index is 0.166. The Bertz CT molecular complexity index is 777. The van der Waals surface area contributed by atoms with Crippen LogP contribution in [0.25, 0.3) is 0 Å². The molecule has 4 rings (SSSR count). The van der Waals surface area contributed by atoms with E-state index in [2.05, 4.69) is 26.4 Å². The van der Waals surface area contributed by atoms with Crippen LogP contribution in [0.15, 0.2) is 35.4 Å². The Labute approximate surface area is 146 Å². The molecule has 7 nitrogen and oxygen atoms in total. The lowest BCUT2D eigenvalue weighted by Crippen LogP contribution is -2.51. The molecule has 0 unspecified atom stereocenters. The van der Waals surface area contributed by atoms with E-state index >= 15 is 0 Å². The van der Waals surface area contributed by atoms with Gasteiger partial charge < -0.3 is 10.1 Å². The van der Waals surface area contributed by atoms with Crippen molar-refractivity contribution in [1.29, 1.82) is 0 Å². The second kappa shape index (κ2) is 6.93. The van der Waals surface area contributed by atoms with Crippen LogP contribution in [0.5, 0.6) is 0 Å². The molecule has 0 saturated carbocycles. The molecular weight excluding hydrogens is 318 g/mol. The second-order valence-electron chi connectivity index (χ2n) is 6.78. The van der Waals surface area contributed by atoms with Crippen LogP contribution in [-0.2, 0) is 11.8 Å². The largest absolute Gasteiger partial charge is 0.378 e. The van der Waals surface area contributed by atoms with Crippen LogP contribution in [0.4, 0.5) is 11.5 Å². The fourth-order valence-electron chi connectivity index (χ4n) is 3.49. The van der Waals surface area contributed by atoms with Gasteiger partial charge in [-0.05, 0) is 49.5 Å². The molecule has 0 radical (unpaired) electrons. The van der Waals surface area contributed by atoms with Gasteiger partial charge >= 0.3 is 0 Å². The van der Waals surface area contributed by atoms with Crippen molar-refractivity contribution < 1.29 is 4.74 Å². The van der Waals surface area contributed by atoms with Crippen molar-refractivity contribution in [3.63, 3.8) is 0 Å². The number of nitrogens with one attached hydrogen (secondary N) is 1. The molecule has 25 heavy (non-hydrogen) atoms. The van der Waals surface area contributed by atoms with E-state index in [0.29, 0.717) is 23.5 Å². The summed E-state index contributed by atoms with van der Waals surface area (Å²) in [6.07, 6.45) is 5.85. The van der Waals surface area contributed by atoms with Gasteiger partial charge in [0.1, 0.15) is 11.5 Å². The molecule has 0 bridgehead atoms. The van der Waals surface area contributed by atoms with E-state index in [1.807, 2.05) is 12.3 Å². The van der Waals surface area contributed by atoms with Gasteiger partial charge in [-0.15, -0.1) is 0 Å². The molecule has 2 aliphatic heterocycles. The highest BCUT2D eigenvalue weighted by atomic mass is 16.5. The molecule has 0 atom stereocenters. The van der Waals surface area contributed by atoms with E-state index in [9.17, 15) is 4.79 Å². The number of ether oxygens (including phenoxy) is 1. The number of hydrogen-bond acceptors (Lipinski definition) is 6. The number of aromatic nitrogens is 3. The fraction of sp³-hybridized carbons (Fsp3) is 0.500. The summed E-state index contributed by atoms with van der Waals surface area (Å²) in [6, 6.07) is 6.36. The number of anilines is 2. The van der Waals surface area contributed by atoms with E-state index in [1.165, 1.54) is 10.2 Å². The molecule has 0 aliphatic carbocycles. The first-order chi connectivity index (χ1) is 12.2. The smallest absolute Gasteiger partial charge is 0.290 e. The molecule has 2 aromatic heterocycles. The minimum Gasteiger partial charge on any atom is -0.378 e. The highest BCUT2D eigenvalue weighted by molar-refractivity contribution is 5.54. The number of nitrogens with zero attached hydrogens (tertiary/aromatic N) is 4. The molecule has 2 fully saturated rings. The molecule has 2 aliphatic rings. The van der Waals surface area contributed by atoms with Gasteiger partial charge in [-0.1, -0.05) is 6.07 Å². The summed E-state index contributed by atoms with van der Waals surface area (Å²) in [4.78, 5) is 19.0. The summed E-state index contributed by atoms with van der Waals surface area (Å²) in [7, 11) is 1.63. The summed E-state index contributed by atoms with van der Waals surface area (Å²) in [6.45, 7) is 4.04. The van der Waals surface area contributed by atoms with Gasteiger partial charge in [-0.2, -0.15) is 5.10 Å². The molecule has 0 amide bonds. The highest BCUT2D eigenvalue weighted by Crippen LogP contribution is 2.30. The third-order valence-corrected chi connectivity index (χ3v) is 5.19. The zero-order chi connectivity index (χ0) is 17.2. The topological polar surface area (TPSA) is 72.3 Å². The average Bonchev–Trinajstić information content (AvgIpc) is 2.59. The predicted molar refractivity (Wildman–Crippen MR) is 95.2 cm³/mol. The molecule has 0 spiro atoms. The second-order valence-corrected chi connectivity index (χ2v) is 6.78. The first-order valence-electron chi connectivity index (χ1n) is 8.78. The third-order valence-electron chi connectivity index (χ3n) is 5.19. The van der Waals surface area contributed by atoms with E-state index < -0.39 is 0 Å². The Morgan fingerprint density at radius 2 is 2.00 bits per heavy atom. The van der Waals surface area contributed by atoms with Gasteiger partial charge in [0.25, 0.3) is 5.56 Å². The summed E-state index contributed by atoms with van der Waals surface area (Å²) in [5.74, 6) is 1.24. The third kappa shape index (κ3) is 3.43. The van der Waals surface area contributed by atoms with Crippen LogP contribution in [0.1, 0.15) is 24.3 Å². The van der Waals surface area contributed by atoms with Crippen molar-refractivity contribution in [1.82, 2.24) is 19.7 Å². The van der Waals surface area contributed by atoms with Gasteiger partial charge in [-0.3, -0.25) is 9.69 Å². The Kier molecular flexibility index (Phi) is 4.50. The van der Waals surface area contributed by atoms with Crippen LogP contribution < -0.4 is 10.9 Å². The summed E-state index contributed by atoms with van der Waals surface area (Å²) in [5.41, 5.74) is 1.59. The number of likely N-dealkylation sites (tertiary alicyclic amines) is 1. The van der Waals surface area contributed by atoms with Crippen molar-refractivity contribution in [2.24, 2.45) is 7.05 Å². The van der Waals surface area contributed by atoms with Crippen molar-refractivity contribution in [3.05, 3.63) is 46.5 Å². The number of rotatable bonds is 4. The van der Waals surface area contributed by atoms with Crippen LogP contribution in [0.3, 0.4) is 0 Å². The van der Waals surface area contributed by atoms with Crippen LogP contribution in [0.2, 0.25) is 0 Å². The maximum atomic E-state index is 12.0. The average molecular weight is 341 g/mol. The lowest BCUT2D eigenvalue weighted by molar-refractivity contribution is -0.0712. The minimum atomic E-state index is -0.166. The maximum Gasteiger partial charge on any atom is 0.290 e. The van der Waals surface area contributed by atoms with Gasteiger partial charge in [0.15, 0.2) is 0 Å². The Hall–Kier alpha value is -2.25. The highest BCUT2D eigenvalue weighted by Gasteiger charge is 2.30. The molecule has 2 saturated heterocycles. The summed E-state index contributed by atoms with van der Waals surface area (Å²) < 4.78 is 6.59. The van der Waals surface area contributed by atoms with Gasteiger partial charge in [-0.25, -0.2) is 9.67 Å². The Balaban J connectivity index is 1.39. The van der Waals surface area contributed by atoms with Crippen molar-refractivity contribution in [2.45, 2.75) is 24.8 Å². The lowest BCUT2D eigenvalue weighted by atomic mass is 9.89. The number of pyridine rings is 1. The number of hydrogen-bond donors (Lipinski definition) is 1. The Morgan fingerprint density at radius 1 is 1.20 bits per heavy atom. The van der Waals surface area contributed by atoms with E-state index in [1.54, 1.807) is 19.3 Å². The van der Waals surface area contributed by atoms with Gasteiger partial charge in [0.05, 0.1) is 19.3 Å². The van der Waals surface area contributed by atoms with Crippen LogP contribution in [0, 0.1) is 0 Å². The fourth-order valence-corrected chi connectivity index (χ4v) is 3.49. The van der Waals surface area contributed by atoms with Crippen molar-refractivity contribution in [2.75, 3.05) is 31.6 Å². The molecule has 7 heteroatoms. The molecule has 132 valence electrons. The van der Waals surface area contributed by atoms with Crippen LogP contribution >= 0.6 is 0 Å². The summed E-state index contributed by atoms with van der Waals surface area (Å²) >= 11 is 0. The molecular formula is C18H23N5O2. The molecule has 0 aromatic carbocycles. The van der Waals surface area contributed by atoms with E-state index in [0.717, 1.165) is 39.1 Å². The molecule has 1 N–H and O–H groups in total. The van der Waals surface area contributed by atoms with E-state index in [-0.39, 0.29) is 5.56 Å². The van der Waals surface area contributed by atoms with Crippen LogP contribution in [-0.4, -0.2) is 52.0 Å². The number of aryl methyl sites for hydroxylation is 1. The zero-order valence-electron chi connectivity index (χ0n) is 14.4. The van der Waals surface area contributed by atoms with Gasteiger partial charge in [0, 0.05) is 19.4 Å². The standard InChI is InChI=1S/C18H23N5O2/c1-22-18(24)16(4-7-20-22)21-17-3-2-14(10-19-17)13-5-8-23(9-6-13)15-11-25-12-15/h2-4,7,10,13,15H,5-6,8-9,11-12H2,1H3,(H,19,21). The van der Waals surface area contributed by atoms with Crippen molar-refractivity contribution in [3.8, 4) is 0 Å². The zero-order valence-corrected chi connectivity index (χ0v) is 14.4. The summed E-state index contributed by atoms with van der Waals surface area (Å²) in [5, 5.41) is 6.99. The first-order valence-corrected chi connectivity index (χ1v) is 8.78. The van der Waals surface area contributed by atoms with E-state index in [4.69, 9.17) is 4.74 Å². The quantitative estimate of drug-likeness (QED) is 0.909. The first kappa shape index (κ1) is 16.2. The lowest BCUT2D eigenvalue weighted by Gasteiger charge is -2.41. The normalized spacial score (nSPS) is 19.6. The SMILES string of the molecule is Cn1nccc(Nc2ccc(C3CCN(C4COC4)CC3)cn2)c1=O. The molecule has 4 heterocycles. The Morgan fingerprint density at radius 3 is 2.64 bits per heavy atom. The van der Waals surface area contributed by atoms with Gasteiger partial charge in [0.2, 0.25) is 0 Å². The monoisotopic (exact) mass is 341 g/mol. The van der Waals surface area contributed by atoms with Crippen molar-refractivity contribution >= 4 is 11.5 Å².